The van der Waals surface area contributed by atoms with Gasteiger partial charge < -0.3 is 5.11 Å². The Labute approximate surface area is 92.3 Å². The van der Waals surface area contributed by atoms with E-state index in [1.165, 1.54) is 16.4 Å². The molecule has 0 fully saturated rings. The third kappa shape index (κ3) is 2.08. The number of hydrogen-bond donors (Lipinski definition) is 1. The average molecular weight is 217 g/mol. The second kappa shape index (κ2) is 4.14. The first-order valence-electron chi connectivity index (χ1n) is 4.84. The number of carboxylic acids is 1. The van der Waals surface area contributed by atoms with Gasteiger partial charge in [0.1, 0.15) is 0 Å². The van der Waals surface area contributed by atoms with Gasteiger partial charge in [0.05, 0.1) is 12.7 Å². The predicted molar refractivity (Wildman–Crippen MR) is 57.3 cm³/mol. The van der Waals surface area contributed by atoms with Crippen LogP contribution >= 0.6 is 0 Å². The molecule has 1 N–H and O–H groups in total. The number of rotatable bonds is 3. The van der Waals surface area contributed by atoms with Gasteiger partial charge in [0.25, 0.3) is 0 Å². The van der Waals surface area contributed by atoms with Crippen molar-refractivity contribution in [1.82, 2.24) is 15.0 Å². The molecule has 0 saturated carbocycles. The molecule has 0 aliphatic heterocycles. The van der Waals surface area contributed by atoms with E-state index in [0.717, 1.165) is 5.56 Å². The summed E-state index contributed by atoms with van der Waals surface area (Å²) in [5.41, 5.74) is 2.26. The summed E-state index contributed by atoms with van der Waals surface area (Å²) < 4.78 is 1.37. The first-order valence-corrected chi connectivity index (χ1v) is 4.84. The van der Waals surface area contributed by atoms with Gasteiger partial charge in [0.15, 0.2) is 5.69 Å². The van der Waals surface area contributed by atoms with Gasteiger partial charge in [-0.15, -0.1) is 5.10 Å². The molecule has 0 radical (unpaired) electrons. The largest absolute Gasteiger partial charge is 0.476 e. The van der Waals surface area contributed by atoms with Crippen LogP contribution in [0.1, 0.15) is 21.6 Å². The summed E-state index contributed by atoms with van der Waals surface area (Å²) in [5, 5.41) is 16.2. The number of carboxylic acid groups (broad SMARTS) is 1. The zero-order chi connectivity index (χ0) is 11.5. The van der Waals surface area contributed by atoms with E-state index in [0.29, 0.717) is 6.54 Å². The summed E-state index contributed by atoms with van der Waals surface area (Å²) in [6.45, 7) is 2.42. The zero-order valence-corrected chi connectivity index (χ0v) is 8.79. The zero-order valence-electron chi connectivity index (χ0n) is 8.79. The molecule has 1 aromatic carbocycles. The Kier molecular flexibility index (Phi) is 2.68. The highest BCUT2D eigenvalue weighted by Crippen LogP contribution is 2.06. The second-order valence-corrected chi connectivity index (χ2v) is 3.57. The van der Waals surface area contributed by atoms with Crippen LogP contribution in [0.25, 0.3) is 0 Å². The molecule has 0 atom stereocenters. The molecular weight excluding hydrogens is 206 g/mol. The number of benzene rings is 1. The number of hydrogen-bond acceptors (Lipinski definition) is 3. The minimum Gasteiger partial charge on any atom is -0.476 e. The Morgan fingerprint density at radius 3 is 2.69 bits per heavy atom. The third-order valence-electron chi connectivity index (χ3n) is 2.29. The summed E-state index contributed by atoms with van der Waals surface area (Å²) in [4.78, 5) is 10.8. The lowest BCUT2D eigenvalue weighted by Crippen LogP contribution is -2.10. The average Bonchev–Trinajstić information content (AvgIpc) is 2.69. The van der Waals surface area contributed by atoms with Crippen LogP contribution in [0.4, 0.5) is 0 Å². The Hall–Kier alpha value is -2.17. The van der Waals surface area contributed by atoms with Crippen molar-refractivity contribution in [2.24, 2.45) is 0 Å². The standard InChI is InChI=1S/C11H11N3O2/c1-8-2-4-9(5-3-8)7-14-10(11(15)16)6-12-13-14/h2-6H,7H2,1H3,(H,15,16). The van der Waals surface area contributed by atoms with Gasteiger partial charge in [-0.05, 0) is 12.5 Å². The summed E-state index contributed by atoms with van der Waals surface area (Å²) in [6, 6.07) is 7.85. The Bertz CT molecular complexity index is 502. The van der Waals surface area contributed by atoms with E-state index >= 15 is 0 Å². The summed E-state index contributed by atoms with van der Waals surface area (Å²) in [7, 11) is 0. The molecule has 0 aliphatic rings. The van der Waals surface area contributed by atoms with Crippen molar-refractivity contribution in [3.63, 3.8) is 0 Å². The van der Waals surface area contributed by atoms with Gasteiger partial charge in [0, 0.05) is 0 Å². The summed E-state index contributed by atoms with van der Waals surface area (Å²) in [5.74, 6) is -1.02. The number of aryl methyl sites for hydroxylation is 1. The van der Waals surface area contributed by atoms with Crippen LogP contribution in [0.15, 0.2) is 30.5 Å². The molecule has 1 aromatic heterocycles. The van der Waals surface area contributed by atoms with Gasteiger partial charge >= 0.3 is 5.97 Å². The fourth-order valence-electron chi connectivity index (χ4n) is 1.41. The van der Waals surface area contributed by atoms with Gasteiger partial charge in [-0.1, -0.05) is 35.0 Å². The van der Waals surface area contributed by atoms with E-state index in [1.54, 1.807) is 0 Å². The third-order valence-corrected chi connectivity index (χ3v) is 2.29. The Morgan fingerprint density at radius 2 is 2.06 bits per heavy atom. The SMILES string of the molecule is Cc1ccc(Cn2nncc2C(=O)O)cc1. The predicted octanol–water partition coefficient (Wildman–Crippen LogP) is 1.33. The molecule has 0 aliphatic carbocycles. The van der Waals surface area contributed by atoms with Gasteiger partial charge in [-0.3, -0.25) is 0 Å². The van der Waals surface area contributed by atoms with Gasteiger partial charge in [-0.25, -0.2) is 9.48 Å². The fraction of sp³-hybridized carbons (Fsp3) is 0.182. The maximum absolute atomic E-state index is 10.8. The maximum Gasteiger partial charge on any atom is 0.355 e. The Balaban J connectivity index is 2.23. The molecule has 16 heavy (non-hydrogen) atoms. The highest BCUT2D eigenvalue weighted by atomic mass is 16.4. The van der Waals surface area contributed by atoms with Gasteiger partial charge in [-0.2, -0.15) is 0 Å². The van der Waals surface area contributed by atoms with E-state index < -0.39 is 5.97 Å². The fourth-order valence-corrected chi connectivity index (χ4v) is 1.41. The van der Waals surface area contributed by atoms with E-state index in [-0.39, 0.29) is 5.69 Å². The molecule has 2 rings (SSSR count). The molecule has 0 amide bonds. The van der Waals surface area contributed by atoms with Crippen molar-refractivity contribution in [2.75, 3.05) is 0 Å². The van der Waals surface area contributed by atoms with Crippen LogP contribution in [-0.4, -0.2) is 26.1 Å². The first kappa shape index (κ1) is 10.4. The number of nitrogens with zero attached hydrogens (tertiary/aromatic N) is 3. The van der Waals surface area contributed by atoms with E-state index in [9.17, 15) is 4.79 Å². The van der Waals surface area contributed by atoms with Crippen LogP contribution in [0, 0.1) is 6.92 Å². The van der Waals surface area contributed by atoms with Crippen molar-refractivity contribution < 1.29 is 9.90 Å². The first-order chi connectivity index (χ1) is 7.66. The highest BCUT2D eigenvalue weighted by molar-refractivity contribution is 5.85. The number of aromatic carboxylic acids is 1. The summed E-state index contributed by atoms with van der Waals surface area (Å²) in [6.07, 6.45) is 1.25. The number of carbonyl (C=O) groups is 1. The van der Waals surface area contributed by atoms with Crippen LogP contribution in [0.5, 0.6) is 0 Å². The lowest BCUT2D eigenvalue weighted by Gasteiger charge is -2.03. The molecule has 5 nitrogen and oxygen atoms in total. The maximum atomic E-state index is 10.8. The van der Waals surface area contributed by atoms with Crippen LogP contribution in [0.3, 0.4) is 0 Å². The lowest BCUT2D eigenvalue weighted by atomic mass is 10.1. The van der Waals surface area contributed by atoms with E-state index in [2.05, 4.69) is 10.3 Å². The minimum absolute atomic E-state index is 0.0978. The smallest absolute Gasteiger partial charge is 0.355 e. The number of aromatic nitrogens is 3. The summed E-state index contributed by atoms with van der Waals surface area (Å²) >= 11 is 0. The molecule has 0 bridgehead atoms. The van der Waals surface area contributed by atoms with Crippen molar-refractivity contribution in [1.29, 1.82) is 0 Å². The minimum atomic E-state index is -1.02. The molecule has 0 saturated heterocycles. The topological polar surface area (TPSA) is 68.0 Å². The van der Waals surface area contributed by atoms with Crippen molar-refractivity contribution in [3.05, 3.63) is 47.3 Å². The van der Waals surface area contributed by atoms with Crippen LogP contribution < -0.4 is 0 Å². The van der Waals surface area contributed by atoms with Crippen LogP contribution in [-0.2, 0) is 6.54 Å². The van der Waals surface area contributed by atoms with Crippen molar-refractivity contribution in [2.45, 2.75) is 13.5 Å². The van der Waals surface area contributed by atoms with Gasteiger partial charge in [0.2, 0.25) is 0 Å². The molecule has 0 unspecified atom stereocenters. The normalized spacial score (nSPS) is 10.3. The quantitative estimate of drug-likeness (QED) is 0.842. The molecule has 2 aromatic rings. The van der Waals surface area contributed by atoms with Crippen LogP contribution in [0.2, 0.25) is 0 Å². The second-order valence-electron chi connectivity index (χ2n) is 3.57. The Morgan fingerprint density at radius 1 is 1.38 bits per heavy atom. The highest BCUT2D eigenvalue weighted by Gasteiger charge is 2.11. The van der Waals surface area contributed by atoms with Crippen molar-refractivity contribution in [3.8, 4) is 0 Å². The molecule has 1 heterocycles. The lowest BCUT2D eigenvalue weighted by molar-refractivity contribution is 0.0684. The molecule has 0 spiro atoms. The molecular formula is C11H11N3O2. The van der Waals surface area contributed by atoms with E-state index in [1.807, 2.05) is 31.2 Å². The monoisotopic (exact) mass is 217 g/mol. The van der Waals surface area contributed by atoms with E-state index in [4.69, 9.17) is 5.11 Å². The van der Waals surface area contributed by atoms with Crippen molar-refractivity contribution >= 4 is 5.97 Å². The molecule has 82 valence electrons. The molecule has 5 heteroatoms.